The van der Waals surface area contributed by atoms with E-state index in [0.717, 1.165) is 5.56 Å². The summed E-state index contributed by atoms with van der Waals surface area (Å²) in [6, 6.07) is 5.14. The Morgan fingerprint density at radius 2 is 1.47 bits per heavy atom. The number of hydrogen-bond acceptors (Lipinski definition) is 0. The Hall–Kier alpha value is -2.08. The van der Waals surface area contributed by atoms with Gasteiger partial charge in [0.2, 0.25) is 0 Å². The Labute approximate surface area is 124 Å². The minimum Gasteiger partial charge on any atom is -0.0616 e. The van der Waals surface area contributed by atoms with E-state index in [1.165, 1.54) is 0 Å². The van der Waals surface area contributed by atoms with Crippen LogP contribution in [0.1, 0.15) is 34.9 Å². The van der Waals surface area contributed by atoms with Crippen LogP contribution in [0.5, 0.6) is 0 Å². The molecule has 0 heteroatoms. The van der Waals surface area contributed by atoms with Gasteiger partial charge in [0, 0.05) is 0 Å². The maximum absolute atomic E-state index is 8.51. The highest BCUT2D eigenvalue weighted by atomic mass is 14.1. The summed E-state index contributed by atoms with van der Waals surface area (Å²) in [6.45, 7) is 4.13. The first-order valence-electron chi connectivity index (χ1n) is 9.76. The molecule has 19 heavy (non-hydrogen) atoms. The van der Waals surface area contributed by atoms with Gasteiger partial charge in [-0.1, -0.05) is 74.4 Å². The topological polar surface area (TPSA) is 0 Å². The second-order valence-corrected chi connectivity index (χ2v) is 4.78. The van der Waals surface area contributed by atoms with E-state index in [0.29, 0.717) is 11.5 Å². The van der Waals surface area contributed by atoms with Gasteiger partial charge in [0.05, 0.1) is 9.60 Å². The first-order valence-corrected chi connectivity index (χ1v) is 6.26. The molecule has 0 aliphatic carbocycles. The number of fused-ring (bicyclic) bond motifs is 1. The zero-order chi connectivity index (χ0) is 19.3. The van der Waals surface area contributed by atoms with Crippen molar-refractivity contribution in [2.45, 2.75) is 19.8 Å². The Kier molecular flexibility index (Phi) is 1.64. The maximum atomic E-state index is 8.51. The molecule has 0 fully saturated rings. The molecule has 0 heterocycles. The third-order valence-electron chi connectivity index (χ3n) is 3.12. The number of rotatable bonds is 2. The summed E-state index contributed by atoms with van der Waals surface area (Å²) in [6.07, 6.45) is 0. The standard InChI is InChI=1S/C19H18/c1-14(2)15-7-9-17(10-8-15)19-12-11-16-5-3-4-6-18(16)13-19/h3-14H,1-2H3/i3D,4D,5D,6D,11D,12D,13D. The molecule has 0 aliphatic rings. The van der Waals surface area contributed by atoms with Gasteiger partial charge in [-0.2, -0.15) is 0 Å². The quantitative estimate of drug-likeness (QED) is 0.555. The average molecular weight is 253 g/mol. The van der Waals surface area contributed by atoms with Gasteiger partial charge < -0.3 is 0 Å². The van der Waals surface area contributed by atoms with E-state index in [1.54, 1.807) is 12.1 Å². The van der Waals surface area contributed by atoms with Gasteiger partial charge in [-0.25, -0.2) is 0 Å². The van der Waals surface area contributed by atoms with Gasteiger partial charge in [-0.05, 0) is 39.4 Å². The lowest BCUT2D eigenvalue weighted by molar-refractivity contribution is 0.867. The molecule has 0 N–H and O–H groups in total. The smallest absolute Gasteiger partial charge is 0.0616 e. The maximum Gasteiger partial charge on any atom is 0.0636 e. The van der Waals surface area contributed by atoms with Crippen LogP contribution in [-0.2, 0) is 0 Å². The second kappa shape index (κ2) is 4.89. The van der Waals surface area contributed by atoms with E-state index in [-0.39, 0.29) is 46.5 Å². The summed E-state index contributed by atoms with van der Waals surface area (Å²) < 4.78 is 56.9. The molecule has 0 bridgehead atoms. The molecule has 0 nitrogen and oxygen atoms in total. The third kappa shape index (κ3) is 2.39. The van der Waals surface area contributed by atoms with E-state index in [4.69, 9.17) is 9.60 Å². The molecule has 3 aromatic carbocycles. The minimum atomic E-state index is -0.455. The fraction of sp³-hybridized carbons (Fsp3) is 0.158. The molecule has 0 saturated carbocycles. The van der Waals surface area contributed by atoms with Gasteiger partial charge in [0.1, 0.15) is 0 Å². The van der Waals surface area contributed by atoms with Crippen molar-refractivity contribution in [1.29, 1.82) is 0 Å². The molecular formula is C19H18. The van der Waals surface area contributed by atoms with Crippen LogP contribution in [0.2, 0.25) is 0 Å². The van der Waals surface area contributed by atoms with Gasteiger partial charge in [0.15, 0.2) is 0 Å². The predicted molar refractivity (Wildman–Crippen MR) is 83.5 cm³/mol. The van der Waals surface area contributed by atoms with Crippen molar-refractivity contribution in [3.05, 3.63) is 72.1 Å². The lowest BCUT2D eigenvalue weighted by Gasteiger charge is -2.08. The molecule has 0 atom stereocenters. The van der Waals surface area contributed by atoms with E-state index >= 15 is 0 Å². The van der Waals surface area contributed by atoms with Gasteiger partial charge in [-0.15, -0.1) is 0 Å². The van der Waals surface area contributed by atoms with Crippen LogP contribution in [0.15, 0.2) is 66.6 Å². The number of hydrogen-bond donors (Lipinski definition) is 0. The highest BCUT2D eigenvalue weighted by Gasteiger charge is 2.02. The molecule has 0 spiro atoms. The summed E-state index contributed by atoms with van der Waals surface area (Å²) in [4.78, 5) is 0. The lowest BCUT2D eigenvalue weighted by atomic mass is 9.97. The summed E-state index contributed by atoms with van der Waals surface area (Å²) in [7, 11) is 0. The van der Waals surface area contributed by atoms with Crippen LogP contribution in [0.3, 0.4) is 0 Å². The van der Waals surface area contributed by atoms with E-state index in [1.807, 2.05) is 12.1 Å². The van der Waals surface area contributed by atoms with Gasteiger partial charge in [0.25, 0.3) is 0 Å². The SMILES string of the molecule is [2H]c1c([2H])c([2H])c2c([2H])c(-c3ccc(C(C)C)cc3)c([2H])c([2H])c2c1[2H]. The molecule has 0 unspecified atom stereocenters. The molecule has 0 amide bonds. The van der Waals surface area contributed by atoms with E-state index < -0.39 is 12.1 Å². The first kappa shape index (κ1) is 6.38. The third-order valence-corrected chi connectivity index (χ3v) is 3.12. The highest BCUT2D eigenvalue weighted by Crippen LogP contribution is 2.26. The predicted octanol–water partition coefficient (Wildman–Crippen LogP) is 5.63. The Bertz CT molecular complexity index is 1020. The van der Waals surface area contributed by atoms with Crippen molar-refractivity contribution in [3.8, 4) is 11.1 Å². The average Bonchev–Trinajstić information content (AvgIpc) is 2.61. The van der Waals surface area contributed by atoms with E-state index in [9.17, 15) is 0 Å². The van der Waals surface area contributed by atoms with Crippen molar-refractivity contribution in [3.63, 3.8) is 0 Å². The normalized spacial score (nSPS) is 16.3. The molecule has 0 aromatic heterocycles. The monoisotopic (exact) mass is 253 g/mol. The lowest BCUT2D eigenvalue weighted by Crippen LogP contribution is -1.86. The van der Waals surface area contributed by atoms with Crippen molar-refractivity contribution in [1.82, 2.24) is 0 Å². The largest absolute Gasteiger partial charge is 0.0636 e. The van der Waals surface area contributed by atoms with Crippen molar-refractivity contribution in [2.24, 2.45) is 0 Å². The van der Waals surface area contributed by atoms with Gasteiger partial charge in [-0.3, -0.25) is 0 Å². The summed E-state index contributed by atoms with van der Waals surface area (Å²) >= 11 is 0. The van der Waals surface area contributed by atoms with Gasteiger partial charge >= 0.3 is 0 Å². The highest BCUT2D eigenvalue weighted by molar-refractivity contribution is 5.87. The zero-order valence-corrected chi connectivity index (χ0v) is 10.9. The van der Waals surface area contributed by atoms with Crippen molar-refractivity contribution >= 4 is 10.8 Å². The zero-order valence-electron chi connectivity index (χ0n) is 17.9. The van der Waals surface area contributed by atoms with Crippen LogP contribution in [0.25, 0.3) is 21.9 Å². The molecule has 94 valence electrons. The van der Waals surface area contributed by atoms with Crippen LogP contribution in [0, 0.1) is 0 Å². The molecular weight excluding hydrogens is 228 g/mol. The van der Waals surface area contributed by atoms with Crippen LogP contribution >= 0.6 is 0 Å². The fourth-order valence-corrected chi connectivity index (χ4v) is 1.96. The van der Waals surface area contributed by atoms with Crippen LogP contribution in [-0.4, -0.2) is 0 Å². The summed E-state index contributed by atoms with van der Waals surface area (Å²) in [5, 5.41) is -0.0894. The molecule has 0 radical (unpaired) electrons. The Morgan fingerprint density at radius 3 is 2.16 bits per heavy atom. The Balaban J connectivity index is 2.41. The molecule has 3 rings (SSSR count). The van der Waals surface area contributed by atoms with Crippen molar-refractivity contribution < 1.29 is 9.60 Å². The molecule has 0 aliphatic heterocycles. The molecule has 0 saturated heterocycles. The second-order valence-electron chi connectivity index (χ2n) is 4.78. The van der Waals surface area contributed by atoms with Crippen LogP contribution < -0.4 is 0 Å². The Morgan fingerprint density at radius 1 is 0.789 bits per heavy atom. The van der Waals surface area contributed by atoms with E-state index in [2.05, 4.69) is 13.8 Å². The summed E-state index contributed by atoms with van der Waals surface area (Å²) in [5.74, 6) is 0.338. The minimum absolute atomic E-state index is 0.0139. The fourth-order valence-electron chi connectivity index (χ4n) is 1.96. The van der Waals surface area contributed by atoms with Crippen LogP contribution in [0.4, 0.5) is 0 Å². The molecule has 3 aromatic rings. The van der Waals surface area contributed by atoms with Crippen molar-refractivity contribution in [2.75, 3.05) is 0 Å². The summed E-state index contributed by atoms with van der Waals surface area (Å²) in [5.41, 5.74) is 1.91. The number of benzene rings is 3. The first-order chi connectivity index (χ1) is 12.2.